The number of rotatable bonds is 7. The lowest BCUT2D eigenvalue weighted by Crippen LogP contribution is -2.35. The van der Waals surface area contributed by atoms with Crippen molar-refractivity contribution < 1.29 is 14.6 Å². The van der Waals surface area contributed by atoms with Gasteiger partial charge in [-0.15, -0.1) is 0 Å². The van der Waals surface area contributed by atoms with Crippen molar-refractivity contribution in [1.29, 1.82) is 0 Å². The highest BCUT2D eigenvalue weighted by Gasteiger charge is 2.15. The summed E-state index contributed by atoms with van der Waals surface area (Å²) >= 11 is 12.2. The first-order chi connectivity index (χ1) is 11.0. The Kier molecular flexibility index (Phi) is 6.28. The van der Waals surface area contributed by atoms with E-state index < -0.39 is 12.0 Å². The molecule has 0 aliphatic heterocycles. The Morgan fingerprint density at radius 1 is 1.17 bits per heavy atom. The Balaban J connectivity index is 1.99. The molecule has 23 heavy (non-hydrogen) atoms. The number of ether oxygens (including phenoxy) is 1. The van der Waals surface area contributed by atoms with Crippen LogP contribution in [0.5, 0.6) is 5.75 Å². The fraction of sp³-hybridized carbons (Fsp3) is 0.235. The van der Waals surface area contributed by atoms with Gasteiger partial charge in [-0.25, -0.2) is 0 Å². The van der Waals surface area contributed by atoms with E-state index in [1.165, 1.54) is 0 Å². The lowest BCUT2D eigenvalue weighted by molar-refractivity contribution is -0.139. The first-order valence-corrected chi connectivity index (χ1v) is 7.81. The van der Waals surface area contributed by atoms with E-state index in [4.69, 9.17) is 33.0 Å². The number of hydrogen-bond donors (Lipinski definition) is 2. The number of halogens is 2. The minimum atomic E-state index is -0.874. The monoisotopic (exact) mass is 353 g/mol. The molecule has 0 fully saturated rings. The van der Waals surface area contributed by atoms with Crippen LogP contribution in [0.1, 0.15) is 11.1 Å². The Hall–Kier alpha value is -1.75. The van der Waals surface area contributed by atoms with E-state index in [1.54, 1.807) is 37.4 Å². The zero-order valence-corrected chi connectivity index (χ0v) is 14.1. The number of hydrogen-bond acceptors (Lipinski definition) is 3. The summed E-state index contributed by atoms with van der Waals surface area (Å²) in [5, 5.41) is 12.9. The quantitative estimate of drug-likeness (QED) is 0.794. The van der Waals surface area contributed by atoms with E-state index in [2.05, 4.69) is 5.32 Å². The predicted molar refractivity (Wildman–Crippen MR) is 91.4 cm³/mol. The third kappa shape index (κ3) is 4.86. The maximum atomic E-state index is 11.0. The van der Waals surface area contributed by atoms with Crippen molar-refractivity contribution in [2.24, 2.45) is 0 Å². The van der Waals surface area contributed by atoms with Crippen molar-refractivity contribution in [2.45, 2.75) is 19.1 Å². The van der Waals surface area contributed by atoms with Crippen LogP contribution in [-0.4, -0.2) is 24.2 Å². The average molecular weight is 354 g/mol. The molecule has 0 spiro atoms. The summed E-state index contributed by atoms with van der Waals surface area (Å²) in [5.74, 6) is -0.206. The second-order valence-corrected chi connectivity index (χ2v) is 5.83. The number of likely N-dealkylation sites (N-methyl/N-ethyl adjacent to an activating group) is 1. The molecule has 0 amide bonds. The molecule has 2 aromatic rings. The SMILES string of the molecule is CN[C@@H](Cc1ccc(OCc2c(Cl)cccc2Cl)cc1)C(=O)O. The molecule has 2 rings (SSSR count). The average Bonchev–Trinajstić information content (AvgIpc) is 2.53. The van der Waals surface area contributed by atoms with Gasteiger partial charge in [0.05, 0.1) is 0 Å². The van der Waals surface area contributed by atoms with Crippen LogP contribution < -0.4 is 10.1 Å². The Morgan fingerprint density at radius 2 is 1.78 bits per heavy atom. The summed E-state index contributed by atoms with van der Waals surface area (Å²) in [6.45, 7) is 0.270. The first-order valence-electron chi connectivity index (χ1n) is 7.06. The lowest BCUT2D eigenvalue weighted by atomic mass is 10.1. The Labute approximate surface area is 145 Å². The van der Waals surface area contributed by atoms with E-state index in [0.717, 1.165) is 11.1 Å². The second kappa shape index (κ2) is 8.20. The number of aliphatic carboxylic acids is 1. The highest BCUT2D eigenvalue weighted by Crippen LogP contribution is 2.26. The summed E-state index contributed by atoms with van der Waals surface area (Å²) in [4.78, 5) is 11.0. The Morgan fingerprint density at radius 3 is 2.30 bits per heavy atom. The minimum Gasteiger partial charge on any atom is -0.489 e. The van der Waals surface area contributed by atoms with E-state index in [9.17, 15) is 4.79 Å². The third-order valence-corrected chi connectivity index (χ3v) is 4.16. The molecular formula is C17H17Cl2NO3. The second-order valence-electron chi connectivity index (χ2n) is 5.02. The molecule has 1 atom stereocenters. The number of nitrogens with one attached hydrogen (secondary N) is 1. The van der Waals surface area contributed by atoms with Crippen LogP contribution in [0.4, 0.5) is 0 Å². The summed E-state index contributed by atoms with van der Waals surface area (Å²) < 4.78 is 5.69. The van der Waals surface area contributed by atoms with Crippen LogP contribution in [-0.2, 0) is 17.8 Å². The maximum absolute atomic E-state index is 11.0. The van der Waals surface area contributed by atoms with Crippen LogP contribution in [0.2, 0.25) is 10.0 Å². The molecule has 4 nitrogen and oxygen atoms in total. The predicted octanol–water partition coefficient (Wildman–Crippen LogP) is 3.79. The molecule has 2 aromatic carbocycles. The van der Waals surface area contributed by atoms with Crippen molar-refractivity contribution in [2.75, 3.05) is 7.05 Å². The molecule has 2 N–H and O–H groups in total. The maximum Gasteiger partial charge on any atom is 0.321 e. The van der Waals surface area contributed by atoms with Gasteiger partial charge < -0.3 is 15.2 Å². The summed E-state index contributed by atoms with van der Waals surface area (Å²) in [5.41, 5.74) is 1.65. The Bertz CT molecular complexity index is 654. The summed E-state index contributed by atoms with van der Waals surface area (Å²) in [6.07, 6.45) is 0.405. The van der Waals surface area contributed by atoms with Gasteiger partial charge in [-0.05, 0) is 43.3 Å². The van der Waals surface area contributed by atoms with Crippen molar-refractivity contribution >= 4 is 29.2 Å². The van der Waals surface area contributed by atoms with Crippen molar-refractivity contribution in [3.05, 3.63) is 63.6 Å². The number of carbonyl (C=O) groups is 1. The standard InChI is InChI=1S/C17H17Cl2NO3/c1-20-16(17(21)22)9-11-5-7-12(8-6-11)23-10-13-14(18)3-2-4-15(13)19/h2-8,16,20H,9-10H2,1H3,(H,21,22)/t16-/m0/s1. The third-order valence-electron chi connectivity index (χ3n) is 3.45. The van der Waals surface area contributed by atoms with Crippen LogP contribution in [0.25, 0.3) is 0 Å². The fourth-order valence-corrected chi connectivity index (χ4v) is 2.60. The molecular weight excluding hydrogens is 337 g/mol. The van der Waals surface area contributed by atoms with E-state index >= 15 is 0 Å². The number of carboxylic acid groups (broad SMARTS) is 1. The molecule has 0 radical (unpaired) electrons. The van der Waals surface area contributed by atoms with Crippen molar-refractivity contribution in [3.63, 3.8) is 0 Å². The molecule has 0 heterocycles. The van der Waals surface area contributed by atoms with Gasteiger partial charge in [-0.3, -0.25) is 4.79 Å². The van der Waals surface area contributed by atoms with Crippen LogP contribution in [0, 0.1) is 0 Å². The van der Waals surface area contributed by atoms with Crippen molar-refractivity contribution in [3.8, 4) is 5.75 Å². The normalized spacial score (nSPS) is 12.0. The zero-order chi connectivity index (χ0) is 16.8. The van der Waals surface area contributed by atoms with Gasteiger partial charge in [0.15, 0.2) is 0 Å². The van der Waals surface area contributed by atoms with Crippen LogP contribution in [0.15, 0.2) is 42.5 Å². The first kappa shape index (κ1) is 17.6. The smallest absolute Gasteiger partial charge is 0.321 e. The highest BCUT2D eigenvalue weighted by molar-refractivity contribution is 6.35. The van der Waals surface area contributed by atoms with Gasteiger partial charge in [0.1, 0.15) is 18.4 Å². The van der Waals surface area contributed by atoms with Crippen molar-refractivity contribution in [1.82, 2.24) is 5.32 Å². The molecule has 0 saturated heterocycles. The highest BCUT2D eigenvalue weighted by atomic mass is 35.5. The molecule has 0 unspecified atom stereocenters. The number of carboxylic acids is 1. The van der Waals surface area contributed by atoms with Gasteiger partial charge in [0, 0.05) is 15.6 Å². The summed E-state index contributed by atoms with van der Waals surface area (Å²) in [7, 11) is 1.63. The molecule has 0 saturated carbocycles. The lowest BCUT2D eigenvalue weighted by Gasteiger charge is -2.12. The molecule has 0 aliphatic carbocycles. The van der Waals surface area contributed by atoms with E-state index in [0.29, 0.717) is 22.2 Å². The van der Waals surface area contributed by atoms with Gasteiger partial charge in [0.25, 0.3) is 0 Å². The molecule has 0 aromatic heterocycles. The largest absolute Gasteiger partial charge is 0.489 e. The molecule has 122 valence electrons. The number of benzene rings is 2. The topological polar surface area (TPSA) is 58.6 Å². The van der Waals surface area contributed by atoms with Gasteiger partial charge in [-0.1, -0.05) is 41.4 Å². The van der Waals surface area contributed by atoms with Gasteiger partial charge >= 0.3 is 5.97 Å². The molecule has 0 aliphatic rings. The van der Waals surface area contributed by atoms with E-state index in [1.807, 2.05) is 12.1 Å². The molecule has 0 bridgehead atoms. The zero-order valence-electron chi connectivity index (χ0n) is 12.6. The van der Waals surface area contributed by atoms with Gasteiger partial charge in [0.2, 0.25) is 0 Å². The fourth-order valence-electron chi connectivity index (χ4n) is 2.10. The van der Waals surface area contributed by atoms with Crippen LogP contribution >= 0.6 is 23.2 Å². The summed E-state index contributed by atoms with van der Waals surface area (Å²) in [6, 6.07) is 12.0. The van der Waals surface area contributed by atoms with Crippen LogP contribution in [0.3, 0.4) is 0 Å². The molecule has 6 heteroatoms. The minimum absolute atomic E-state index is 0.270. The van der Waals surface area contributed by atoms with E-state index in [-0.39, 0.29) is 6.61 Å². The van der Waals surface area contributed by atoms with Gasteiger partial charge in [-0.2, -0.15) is 0 Å².